The van der Waals surface area contributed by atoms with Crippen LogP contribution < -0.4 is 10.6 Å². The molecule has 4 aromatic rings. The zero-order valence-corrected chi connectivity index (χ0v) is 25.2. The van der Waals surface area contributed by atoms with Gasteiger partial charge in [0.2, 0.25) is 5.79 Å². The highest BCUT2D eigenvalue weighted by Crippen LogP contribution is 2.40. The number of nitrogens with zero attached hydrogens (tertiary/aromatic N) is 8. The Bertz CT molecular complexity index is 1550. The summed E-state index contributed by atoms with van der Waals surface area (Å²) < 4.78 is 16.0. The number of hydrogen-bond donors (Lipinski definition) is 0. The first kappa shape index (κ1) is 28.9. The molecule has 0 amide bonds. The van der Waals surface area contributed by atoms with Crippen molar-refractivity contribution in [2.75, 3.05) is 44.2 Å². The minimum absolute atomic E-state index is 0.0653. The topological polar surface area (TPSA) is 95.5 Å². The van der Waals surface area contributed by atoms with Gasteiger partial charge < -0.3 is 14.4 Å². The van der Waals surface area contributed by atoms with E-state index in [1.54, 1.807) is 40.2 Å². The molecule has 2 aromatic carbocycles. The van der Waals surface area contributed by atoms with Crippen LogP contribution >= 0.6 is 23.2 Å². The molecule has 6 rings (SSSR count). The van der Waals surface area contributed by atoms with Crippen molar-refractivity contribution >= 4 is 28.9 Å². The van der Waals surface area contributed by atoms with Gasteiger partial charge in [0.05, 0.1) is 41.9 Å². The van der Waals surface area contributed by atoms with E-state index in [0.29, 0.717) is 22.2 Å². The second kappa shape index (κ2) is 12.2. The van der Waals surface area contributed by atoms with Crippen LogP contribution in [0.1, 0.15) is 31.9 Å². The van der Waals surface area contributed by atoms with Crippen LogP contribution in [0.25, 0.3) is 5.69 Å². The van der Waals surface area contributed by atoms with E-state index in [4.69, 9.17) is 32.7 Å². The monoisotopic (exact) mass is 612 g/mol. The summed E-state index contributed by atoms with van der Waals surface area (Å²) in [6, 6.07) is 13.5. The molecule has 2 aliphatic rings. The Hall–Kier alpha value is -3.22. The molecule has 4 heterocycles. The Labute approximate surface area is 254 Å². The fourth-order valence-electron chi connectivity index (χ4n) is 5.54. The van der Waals surface area contributed by atoms with E-state index < -0.39 is 5.79 Å². The molecule has 11 nitrogen and oxygen atoms in total. The fourth-order valence-corrected chi connectivity index (χ4v) is 6.10. The number of ether oxygens (including phenoxy) is 2. The Kier molecular flexibility index (Phi) is 8.37. The average molecular weight is 614 g/mol. The number of aromatic nitrogens is 6. The molecule has 42 heavy (non-hydrogen) atoms. The van der Waals surface area contributed by atoms with E-state index in [1.807, 2.05) is 32.0 Å². The van der Waals surface area contributed by atoms with Gasteiger partial charge >= 0.3 is 5.69 Å². The number of piperazine rings is 1. The lowest BCUT2D eigenvalue weighted by Gasteiger charge is -2.37. The summed E-state index contributed by atoms with van der Waals surface area (Å²) in [7, 11) is 0. The second-order valence-electron chi connectivity index (χ2n) is 10.8. The quantitative estimate of drug-likeness (QED) is 0.280. The summed E-state index contributed by atoms with van der Waals surface area (Å²) >= 11 is 12.8. The van der Waals surface area contributed by atoms with Gasteiger partial charge in [-0.15, -0.1) is 0 Å². The van der Waals surface area contributed by atoms with Crippen LogP contribution in [0.3, 0.4) is 0 Å². The zero-order chi connectivity index (χ0) is 29.3. The molecular weight excluding hydrogens is 579 g/mol. The van der Waals surface area contributed by atoms with Crippen LogP contribution in [-0.2, 0) is 21.8 Å². The van der Waals surface area contributed by atoms with Gasteiger partial charge in [-0.25, -0.2) is 14.0 Å². The zero-order valence-electron chi connectivity index (χ0n) is 23.6. The van der Waals surface area contributed by atoms with Crippen molar-refractivity contribution in [3.8, 4) is 5.69 Å². The van der Waals surface area contributed by atoms with Crippen molar-refractivity contribution in [3.63, 3.8) is 0 Å². The van der Waals surface area contributed by atoms with Crippen LogP contribution in [0.4, 0.5) is 5.69 Å². The van der Waals surface area contributed by atoms with E-state index in [-0.39, 0.29) is 24.4 Å². The lowest BCUT2D eigenvalue weighted by molar-refractivity contribution is -0.191. The van der Waals surface area contributed by atoms with Crippen molar-refractivity contribution in [1.82, 2.24) is 34.2 Å². The molecule has 0 saturated carbocycles. The highest BCUT2D eigenvalue weighted by atomic mass is 35.5. The van der Waals surface area contributed by atoms with Crippen molar-refractivity contribution in [2.24, 2.45) is 0 Å². The number of hydrogen-bond acceptors (Lipinski definition) is 8. The molecule has 0 spiro atoms. The molecule has 2 saturated heterocycles. The average Bonchev–Trinajstić information content (AvgIpc) is 3.74. The van der Waals surface area contributed by atoms with Gasteiger partial charge in [-0.2, -0.15) is 20.1 Å². The third kappa shape index (κ3) is 5.84. The third-order valence-corrected chi connectivity index (χ3v) is 8.59. The lowest BCUT2D eigenvalue weighted by Crippen LogP contribution is -2.49. The summed E-state index contributed by atoms with van der Waals surface area (Å²) in [6.07, 6.45) is 5.55. The smallest absolute Gasteiger partial charge is 0.350 e. The van der Waals surface area contributed by atoms with E-state index in [0.717, 1.165) is 50.5 Å². The van der Waals surface area contributed by atoms with Crippen LogP contribution in [0, 0.1) is 0 Å². The fraction of sp³-hybridized carbons (Fsp3) is 0.448. The molecule has 2 aromatic heterocycles. The number of anilines is 1. The van der Waals surface area contributed by atoms with Gasteiger partial charge in [-0.3, -0.25) is 4.90 Å². The molecule has 2 fully saturated rings. The minimum atomic E-state index is -1.11. The molecule has 3 atom stereocenters. The number of benzene rings is 2. The van der Waals surface area contributed by atoms with Crippen LogP contribution in [0.15, 0.2) is 66.0 Å². The maximum absolute atomic E-state index is 12.8. The molecule has 0 bridgehead atoms. The Balaban J connectivity index is 1.07. The number of halogens is 2. The first-order valence-corrected chi connectivity index (χ1v) is 15.0. The molecule has 0 radical (unpaired) electrons. The maximum atomic E-state index is 12.8. The van der Waals surface area contributed by atoms with Gasteiger partial charge in [0.1, 0.15) is 12.9 Å². The first-order chi connectivity index (χ1) is 20.3. The molecule has 1 unspecified atom stereocenters. The summed E-state index contributed by atoms with van der Waals surface area (Å²) in [5, 5.41) is 13.8. The number of rotatable bonds is 9. The van der Waals surface area contributed by atoms with Gasteiger partial charge in [0.15, 0.2) is 0 Å². The third-order valence-electron chi connectivity index (χ3n) is 8.05. The molecule has 222 valence electrons. The van der Waals surface area contributed by atoms with Gasteiger partial charge in [0, 0.05) is 49.0 Å². The molecule has 2 aliphatic heterocycles. The van der Waals surface area contributed by atoms with E-state index in [1.165, 1.54) is 4.68 Å². The standard InChI is InChI=1S/C29H34Cl2N8O3/c1-3-21(2)39-28(40)37(20-34-39)24-7-5-23(6-8-24)36-14-12-35(13-15-36)17-25-18-41-29(42-25,19-38-32-10-11-33-38)26-9-4-22(30)16-27(26)31/h4-11,16,20-21,25H,3,12-15,17-19H2,1-2H3/t21?,25-,29-/m1/s1. The molecular formula is C29H34Cl2N8O3. The second-order valence-corrected chi connectivity index (χ2v) is 11.6. The van der Waals surface area contributed by atoms with Crippen molar-refractivity contribution in [1.29, 1.82) is 0 Å². The predicted octanol–water partition coefficient (Wildman–Crippen LogP) is 3.99. The highest BCUT2D eigenvalue weighted by Gasteiger charge is 2.46. The van der Waals surface area contributed by atoms with Gasteiger partial charge in [0.25, 0.3) is 0 Å². The Morgan fingerprint density at radius 1 is 1.00 bits per heavy atom. The lowest BCUT2D eigenvalue weighted by atomic mass is 10.1. The SMILES string of the molecule is CCC(C)n1ncn(-c2ccc(N3CCN(C[C@@H]4CO[C@@](Cn5nccn5)(c5ccc(Cl)cc5Cl)O4)CC3)cc2)c1=O. The normalized spacial score (nSPS) is 22.1. The summed E-state index contributed by atoms with van der Waals surface area (Å²) in [6.45, 7) is 9.00. The summed E-state index contributed by atoms with van der Waals surface area (Å²) in [5.41, 5.74) is 2.53. The highest BCUT2D eigenvalue weighted by molar-refractivity contribution is 6.35. The van der Waals surface area contributed by atoms with Crippen LogP contribution in [0.5, 0.6) is 0 Å². The Morgan fingerprint density at radius 3 is 2.40 bits per heavy atom. The van der Waals surface area contributed by atoms with Crippen LogP contribution in [0.2, 0.25) is 10.0 Å². The Morgan fingerprint density at radius 2 is 1.71 bits per heavy atom. The van der Waals surface area contributed by atoms with Crippen molar-refractivity contribution < 1.29 is 9.47 Å². The van der Waals surface area contributed by atoms with Gasteiger partial charge in [-0.05, 0) is 49.7 Å². The predicted molar refractivity (Wildman–Crippen MR) is 160 cm³/mol. The van der Waals surface area contributed by atoms with Crippen molar-refractivity contribution in [2.45, 2.75) is 44.7 Å². The molecule has 0 N–H and O–H groups in total. The minimum Gasteiger partial charge on any atom is -0.369 e. The summed E-state index contributed by atoms with van der Waals surface area (Å²) in [4.78, 5) is 19.1. The van der Waals surface area contributed by atoms with Gasteiger partial charge in [-0.1, -0.05) is 36.2 Å². The van der Waals surface area contributed by atoms with E-state index >= 15 is 0 Å². The maximum Gasteiger partial charge on any atom is 0.350 e. The van der Waals surface area contributed by atoms with Crippen molar-refractivity contribution in [3.05, 3.63) is 87.3 Å². The molecule has 13 heteroatoms. The van der Waals surface area contributed by atoms with E-state index in [2.05, 4.69) is 37.2 Å². The summed E-state index contributed by atoms with van der Waals surface area (Å²) in [5.74, 6) is -1.11. The largest absolute Gasteiger partial charge is 0.369 e. The first-order valence-electron chi connectivity index (χ1n) is 14.2. The molecule has 0 aliphatic carbocycles. The van der Waals surface area contributed by atoms with Crippen LogP contribution in [-0.4, -0.2) is 79.7 Å². The van der Waals surface area contributed by atoms with E-state index in [9.17, 15) is 4.79 Å².